The molecule has 0 aliphatic rings. The van der Waals surface area contributed by atoms with Crippen molar-refractivity contribution in [3.63, 3.8) is 0 Å². The van der Waals surface area contributed by atoms with E-state index < -0.39 is 0 Å². The molecule has 0 radical (unpaired) electrons. The van der Waals surface area contributed by atoms with Crippen molar-refractivity contribution in [2.45, 2.75) is 13.8 Å². The Morgan fingerprint density at radius 1 is 0.938 bits per heavy atom. The molecule has 2 aromatic carbocycles. The van der Waals surface area contributed by atoms with E-state index in [9.17, 15) is 0 Å². The molecule has 0 heterocycles. The highest BCUT2D eigenvalue weighted by molar-refractivity contribution is 5.69. The Bertz CT molecular complexity index is 545. The molecule has 0 aliphatic carbocycles. The normalized spacial score (nSPS) is 9.81. The van der Waals surface area contributed by atoms with Gasteiger partial charge < -0.3 is 0 Å². The maximum Gasteiger partial charge on any atom is 0.0991 e. The van der Waals surface area contributed by atoms with Crippen LogP contribution in [0.2, 0.25) is 0 Å². The molecule has 0 N–H and O–H groups in total. The highest BCUT2D eigenvalue weighted by Crippen LogP contribution is 2.24. The van der Waals surface area contributed by atoms with Crippen LogP contribution in [-0.4, -0.2) is 0 Å². The van der Waals surface area contributed by atoms with Gasteiger partial charge in [0.05, 0.1) is 11.6 Å². The minimum Gasteiger partial charge on any atom is -0.192 e. The number of rotatable bonds is 1. The van der Waals surface area contributed by atoms with Crippen LogP contribution in [0.15, 0.2) is 42.5 Å². The van der Waals surface area contributed by atoms with Gasteiger partial charge in [-0.1, -0.05) is 35.9 Å². The summed E-state index contributed by atoms with van der Waals surface area (Å²) in [6.45, 7) is 4.14. The molecule has 0 aromatic heterocycles. The standard InChI is InChI=1S/C15H13N/c1-11-3-7-14(8-4-11)15-9-13(10-16)6-5-12(15)2/h3-9H,1-2H3. The Morgan fingerprint density at radius 3 is 2.25 bits per heavy atom. The zero-order valence-electron chi connectivity index (χ0n) is 9.49. The summed E-state index contributed by atoms with van der Waals surface area (Å²) < 4.78 is 0. The predicted molar refractivity (Wildman–Crippen MR) is 66.1 cm³/mol. The molecule has 0 atom stereocenters. The number of hydrogen-bond donors (Lipinski definition) is 0. The van der Waals surface area contributed by atoms with Gasteiger partial charge in [0.15, 0.2) is 0 Å². The lowest BCUT2D eigenvalue weighted by atomic mass is 9.98. The summed E-state index contributed by atoms with van der Waals surface area (Å²) in [5.74, 6) is 0. The lowest BCUT2D eigenvalue weighted by Gasteiger charge is -2.06. The van der Waals surface area contributed by atoms with E-state index in [2.05, 4.69) is 44.2 Å². The van der Waals surface area contributed by atoms with Crippen molar-refractivity contribution in [3.8, 4) is 17.2 Å². The molecule has 0 saturated carbocycles. The molecule has 0 aliphatic heterocycles. The molecular formula is C15H13N. The quantitative estimate of drug-likeness (QED) is 0.697. The third-order valence-electron chi connectivity index (χ3n) is 2.73. The van der Waals surface area contributed by atoms with Gasteiger partial charge >= 0.3 is 0 Å². The average Bonchev–Trinajstić information content (AvgIpc) is 2.31. The first kappa shape index (κ1) is 10.4. The summed E-state index contributed by atoms with van der Waals surface area (Å²) in [4.78, 5) is 0. The van der Waals surface area contributed by atoms with Gasteiger partial charge in [0.25, 0.3) is 0 Å². The average molecular weight is 207 g/mol. The lowest BCUT2D eigenvalue weighted by Crippen LogP contribution is -1.85. The Balaban J connectivity index is 2.55. The molecule has 2 aromatic rings. The van der Waals surface area contributed by atoms with E-state index >= 15 is 0 Å². The van der Waals surface area contributed by atoms with Crippen molar-refractivity contribution in [1.29, 1.82) is 5.26 Å². The highest BCUT2D eigenvalue weighted by atomic mass is 14.2. The minimum absolute atomic E-state index is 0.709. The molecule has 2 rings (SSSR count). The summed E-state index contributed by atoms with van der Waals surface area (Å²) in [5.41, 5.74) is 5.46. The van der Waals surface area contributed by atoms with E-state index in [1.807, 2.05) is 18.2 Å². The molecule has 78 valence electrons. The summed E-state index contributed by atoms with van der Waals surface area (Å²) in [6.07, 6.45) is 0. The summed E-state index contributed by atoms with van der Waals surface area (Å²) in [6, 6.07) is 16.3. The van der Waals surface area contributed by atoms with Crippen LogP contribution in [0, 0.1) is 25.2 Å². The van der Waals surface area contributed by atoms with Crippen LogP contribution in [0.3, 0.4) is 0 Å². The largest absolute Gasteiger partial charge is 0.192 e. The van der Waals surface area contributed by atoms with Gasteiger partial charge in [0, 0.05) is 0 Å². The zero-order chi connectivity index (χ0) is 11.5. The number of nitrogens with zero attached hydrogens (tertiary/aromatic N) is 1. The molecule has 0 bridgehead atoms. The van der Waals surface area contributed by atoms with Crippen LogP contribution < -0.4 is 0 Å². The second-order valence-electron chi connectivity index (χ2n) is 4.01. The lowest BCUT2D eigenvalue weighted by molar-refractivity contribution is 1.41. The first-order valence-electron chi connectivity index (χ1n) is 5.28. The smallest absolute Gasteiger partial charge is 0.0991 e. The Morgan fingerprint density at radius 2 is 1.62 bits per heavy atom. The molecular weight excluding hydrogens is 194 g/mol. The molecule has 16 heavy (non-hydrogen) atoms. The molecule has 0 unspecified atom stereocenters. The topological polar surface area (TPSA) is 23.8 Å². The maximum absolute atomic E-state index is 8.89. The van der Waals surface area contributed by atoms with Crippen molar-refractivity contribution in [1.82, 2.24) is 0 Å². The molecule has 0 amide bonds. The maximum atomic E-state index is 8.89. The fourth-order valence-corrected chi connectivity index (χ4v) is 1.74. The van der Waals surface area contributed by atoms with E-state index in [1.165, 1.54) is 16.7 Å². The number of hydrogen-bond acceptors (Lipinski definition) is 1. The third-order valence-corrected chi connectivity index (χ3v) is 2.73. The first-order chi connectivity index (χ1) is 7.70. The Labute approximate surface area is 96.0 Å². The van der Waals surface area contributed by atoms with Gasteiger partial charge in [-0.2, -0.15) is 5.26 Å². The fraction of sp³-hybridized carbons (Fsp3) is 0.133. The summed E-state index contributed by atoms with van der Waals surface area (Å²) in [5, 5.41) is 8.89. The third kappa shape index (κ3) is 1.97. The Hall–Kier alpha value is -2.07. The van der Waals surface area contributed by atoms with E-state index in [-0.39, 0.29) is 0 Å². The van der Waals surface area contributed by atoms with Gasteiger partial charge in [-0.3, -0.25) is 0 Å². The highest BCUT2D eigenvalue weighted by Gasteiger charge is 2.02. The van der Waals surface area contributed by atoms with Crippen LogP contribution in [0.5, 0.6) is 0 Å². The number of aryl methyl sites for hydroxylation is 2. The summed E-state index contributed by atoms with van der Waals surface area (Å²) in [7, 11) is 0. The van der Waals surface area contributed by atoms with Crippen LogP contribution >= 0.6 is 0 Å². The van der Waals surface area contributed by atoms with Crippen LogP contribution in [0.4, 0.5) is 0 Å². The molecule has 0 spiro atoms. The SMILES string of the molecule is Cc1ccc(-c2cc(C#N)ccc2C)cc1. The van der Waals surface area contributed by atoms with Crippen molar-refractivity contribution >= 4 is 0 Å². The summed E-state index contributed by atoms with van der Waals surface area (Å²) >= 11 is 0. The number of nitriles is 1. The zero-order valence-corrected chi connectivity index (χ0v) is 9.49. The van der Waals surface area contributed by atoms with Gasteiger partial charge in [0.1, 0.15) is 0 Å². The van der Waals surface area contributed by atoms with E-state index in [0.717, 1.165) is 5.56 Å². The monoisotopic (exact) mass is 207 g/mol. The van der Waals surface area contributed by atoms with Crippen molar-refractivity contribution in [2.24, 2.45) is 0 Å². The van der Waals surface area contributed by atoms with E-state index in [0.29, 0.717) is 5.56 Å². The number of benzene rings is 2. The predicted octanol–water partition coefficient (Wildman–Crippen LogP) is 3.84. The second kappa shape index (κ2) is 4.20. The fourth-order valence-electron chi connectivity index (χ4n) is 1.74. The minimum atomic E-state index is 0.709. The molecule has 1 nitrogen and oxygen atoms in total. The van der Waals surface area contributed by atoms with E-state index in [4.69, 9.17) is 5.26 Å². The molecule has 0 fully saturated rings. The van der Waals surface area contributed by atoms with Gasteiger partial charge in [-0.25, -0.2) is 0 Å². The van der Waals surface area contributed by atoms with E-state index in [1.54, 1.807) is 0 Å². The van der Waals surface area contributed by atoms with Crippen LogP contribution in [-0.2, 0) is 0 Å². The van der Waals surface area contributed by atoms with Gasteiger partial charge in [-0.15, -0.1) is 0 Å². The van der Waals surface area contributed by atoms with Crippen molar-refractivity contribution < 1.29 is 0 Å². The van der Waals surface area contributed by atoms with Crippen molar-refractivity contribution in [2.75, 3.05) is 0 Å². The van der Waals surface area contributed by atoms with Crippen molar-refractivity contribution in [3.05, 3.63) is 59.2 Å². The van der Waals surface area contributed by atoms with Gasteiger partial charge in [0.2, 0.25) is 0 Å². The van der Waals surface area contributed by atoms with Crippen LogP contribution in [0.1, 0.15) is 16.7 Å². The second-order valence-corrected chi connectivity index (χ2v) is 4.01. The Kier molecular flexibility index (Phi) is 2.74. The van der Waals surface area contributed by atoms with Gasteiger partial charge in [-0.05, 0) is 42.7 Å². The van der Waals surface area contributed by atoms with Crippen LogP contribution in [0.25, 0.3) is 11.1 Å². The molecule has 1 heteroatoms. The molecule has 0 saturated heterocycles. The first-order valence-corrected chi connectivity index (χ1v) is 5.28.